The monoisotopic (exact) mass is 270 g/mol. The first-order valence-electron chi connectivity index (χ1n) is 7.01. The molecule has 0 unspecified atom stereocenters. The zero-order valence-corrected chi connectivity index (χ0v) is 12.3. The molecule has 0 spiro atoms. The second kappa shape index (κ2) is 6.89. The van der Waals surface area contributed by atoms with E-state index in [-0.39, 0.29) is 17.9 Å². The highest BCUT2D eigenvalue weighted by Crippen LogP contribution is 2.37. The topological polar surface area (TPSA) is 60.9 Å². The zero-order valence-electron chi connectivity index (χ0n) is 12.3. The molecule has 0 saturated heterocycles. The summed E-state index contributed by atoms with van der Waals surface area (Å²) in [5, 5.41) is 8.97. The van der Waals surface area contributed by atoms with Gasteiger partial charge in [-0.25, -0.2) is 0 Å². The number of hydrogen-bond donors (Lipinski definition) is 1. The van der Waals surface area contributed by atoms with Crippen LogP contribution < -0.4 is 0 Å². The van der Waals surface area contributed by atoms with Crippen LogP contribution in [0.25, 0.3) is 0 Å². The Morgan fingerprint density at radius 1 is 1.11 bits per heavy atom. The molecule has 1 rings (SSSR count). The van der Waals surface area contributed by atoms with Crippen molar-refractivity contribution < 1.29 is 14.7 Å². The van der Waals surface area contributed by atoms with Gasteiger partial charge in [-0.3, -0.25) is 9.59 Å². The molecule has 0 atom stereocenters. The summed E-state index contributed by atoms with van der Waals surface area (Å²) >= 11 is 0. The maximum absolute atomic E-state index is 12.6. The van der Waals surface area contributed by atoms with E-state index in [1.807, 2.05) is 25.9 Å². The van der Waals surface area contributed by atoms with E-state index in [0.717, 1.165) is 25.7 Å². The lowest BCUT2D eigenvalue weighted by molar-refractivity contribution is -0.150. The van der Waals surface area contributed by atoms with Gasteiger partial charge in [0.15, 0.2) is 0 Å². The number of carbonyl (C=O) groups is 2. The number of likely N-dealkylation sites (N-methyl/N-ethyl adjacent to an activating group) is 1. The quantitative estimate of drug-likeness (QED) is 0.793. The molecule has 0 aromatic carbocycles. The Kier molecular flexibility index (Phi) is 5.79. The van der Waals surface area contributed by atoms with Gasteiger partial charge in [0.05, 0.1) is 0 Å². The van der Waals surface area contributed by atoms with E-state index in [1.165, 1.54) is 11.3 Å². The first-order valence-corrected chi connectivity index (χ1v) is 7.01. The molecule has 0 aliphatic heterocycles. The molecule has 5 heteroatoms. The van der Waals surface area contributed by atoms with E-state index in [9.17, 15) is 9.59 Å². The lowest BCUT2D eigenvalue weighted by Gasteiger charge is -2.37. The van der Waals surface area contributed by atoms with Crippen LogP contribution in [0.3, 0.4) is 0 Å². The van der Waals surface area contributed by atoms with Gasteiger partial charge in [0, 0.05) is 18.5 Å². The molecule has 0 bridgehead atoms. The maximum Gasteiger partial charge on any atom is 0.323 e. The van der Waals surface area contributed by atoms with Crippen LogP contribution in [0.2, 0.25) is 0 Å². The maximum atomic E-state index is 12.6. The summed E-state index contributed by atoms with van der Waals surface area (Å²) < 4.78 is 0. The predicted molar refractivity (Wildman–Crippen MR) is 74.0 cm³/mol. The molecule has 1 amide bonds. The lowest BCUT2D eigenvalue weighted by atomic mass is 9.74. The van der Waals surface area contributed by atoms with Gasteiger partial charge in [-0.2, -0.15) is 0 Å². The number of carbonyl (C=O) groups excluding carboxylic acids is 1. The molecule has 0 aromatic heterocycles. The van der Waals surface area contributed by atoms with E-state index in [1.54, 1.807) is 0 Å². The summed E-state index contributed by atoms with van der Waals surface area (Å²) in [6, 6.07) is 0. The lowest BCUT2D eigenvalue weighted by Crippen LogP contribution is -2.47. The van der Waals surface area contributed by atoms with Gasteiger partial charge in [0.2, 0.25) is 5.91 Å². The number of rotatable bonds is 6. The van der Waals surface area contributed by atoms with Crippen LogP contribution in [0.4, 0.5) is 0 Å². The van der Waals surface area contributed by atoms with Crippen molar-refractivity contribution in [2.75, 3.05) is 33.7 Å². The van der Waals surface area contributed by atoms with Crippen LogP contribution in [0.5, 0.6) is 0 Å². The van der Waals surface area contributed by atoms with Crippen LogP contribution in [-0.4, -0.2) is 60.5 Å². The second-order valence-corrected chi connectivity index (χ2v) is 6.05. The van der Waals surface area contributed by atoms with Crippen molar-refractivity contribution in [3.63, 3.8) is 0 Å². The van der Waals surface area contributed by atoms with E-state index in [4.69, 9.17) is 5.11 Å². The van der Waals surface area contributed by atoms with Crippen molar-refractivity contribution in [3.05, 3.63) is 0 Å². The standard InChI is InChI=1S/C14H26N2O3/c1-14(7-5-4-6-8-14)13(19)16(11-12(17)18)10-9-15(2)3/h4-11H2,1-3H3,(H,17,18). The van der Waals surface area contributed by atoms with Crippen LogP contribution in [0, 0.1) is 5.41 Å². The average Bonchev–Trinajstić information content (AvgIpc) is 2.34. The molecular formula is C14H26N2O3. The van der Waals surface area contributed by atoms with Crippen molar-refractivity contribution in [2.45, 2.75) is 39.0 Å². The fraction of sp³-hybridized carbons (Fsp3) is 0.857. The normalized spacial score (nSPS) is 18.3. The zero-order chi connectivity index (χ0) is 14.5. The average molecular weight is 270 g/mol. The minimum atomic E-state index is -0.938. The van der Waals surface area contributed by atoms with E-state index >= 15 is 0 Å². The summed E-state index contributed by atoms with van der Waals surface area (Å²) in [4.78, 5) is 27.0. The number of carboxylic acid groups (broad SMARTS) is 1. The summed E-state index contributed by atoms with van der Waals surface area (Å²) in [6.45, 7) is 2.96. The highest BCUT2D eigenvalue weighted by Gasteiger charge is 2.37. The van der Waals surface area contributed by atoms with Gasteiger partial charge in [-0.1, -0.05) is 26.2 Å². The fourth-order valence-electron chi connectivity index (χ4n) is 2.66. The largest absolute Gasteiger partial charge is 0.480 e. The highest BCUT2D eigenvalue weighted by atomic mass is 16.4. The fourth-order valence-corrected chi connectivity index (χ4v) is 2.66. The molecule has 1 aliphatic carbocycles. The van der Waals surface area contributed by atoms with Crippen LogP contribution in [0.15, 0.2) is 0 Å². The van der Waals surface area contributed by atoms with Gasteiger partial charge in [-0.05, 0) is 26.9 Å². The molecule has 19 heavy (non-hydrogen) atoms. The SMILES string of the molecule is CN(C)CCN(CC(=O)O)C(=O)C1(C)CCCCC1. The molecule has 0 heterocycles. The minimum absolute atomic E-state index is 0.0106. The molecule has 0 radical (unpaired) electrons. The molecule has 1 N–H and O–H groups in total. The van der Waals surface area contributed by atoms with E-state index in [2.05, 4.69) is 0 Å². The number of amides is 1. The van der Waals surface area contributed by atoms with Gasteiger partial charge >= 0.3 is 5.97 Å². The van der Waals surface area contributed by atoms with Crippen molar-refractivity contribution in [3.8, 4) is 0 Å². The second-order valence-electron chi connectivity index (χ2n) is 6.05. The van der Waals surface area contributed by atoms with Gasteiger partial charge < -0.3 is 14.9 Å². The van der Waals surface area contributed by atoms with Crippen molar-refractivity contribution in [2.24, 2.45) is 5.41 Å². The number of carboxylic acids is 1. The molecule has 1 saturated carbocycles. The predicted octanol–water partition coefficient (Wildman–Crippen LogP) is 1.43. The molecule has 0 aromatic rings. The van der Waals surface area contributed by atoms with Crippen molar-refractivity contribution in [1.29, 1.82) is 0 Å². The summed E-state index contributed by atoms with van der Waals surface area (Å²) in [5.74, 6) is -0.928. The van der Waals surface area contributed by atoms with Gasteiger partial charge in [0.25, 0.3) is 0 Å². The Morgan fingerprint density at radius 3 is 2.16 bits per heavy atom. The van der Waals surface area contributed by atoms with Gasteiger partial charge in [0.1, 0.15) is 6.54 Å². The van der Waals surface area contributed by atoms with Crippen LogP contribution in [-0.2, 0) is 9.59 Å². The molecule has 110 valence electrons. The van der Waals surface area contributed by atoms with Crippen molar-refractivity contribution >= 4 is 11.9 Å². The van der Waals surface area contributed by atoms with Gasteiger partial charge in [-0.15, -0.1) is 0 Å². The Morgan fingerprint density at radius 2 is 1.68 bits per heavy atom. The van der Waals surface area contributed by atoms with E-state index < -0.39 is 5.97 Å². The van der Waals surface area contributed by atoms with Crippen LogP contribution >= 0.6 is 0 Å². The number of nitrogens with zero attached hydrogens (tertiary/aromatic N) is 2. The third kappa shape index (κ3) is 4.82. The molecule has 1 fully saturated rings. The smallest absolute Gasteiger partial charge is 0.323 e. The Labute approximate surface area is 115 Å². The Bertz CT molecular complexity index is 323. The molecule has 5 nitrogen and oxygen atoms in total. The highest BCUT2D eigenvalue weighted by molar-refractivity contribution is 5.85. The summed E-state index contributed by atoms with van der Waals surface area (Å²) in [5.41, 5.74) is -0.361. The third-order valence-corrected chi connectivity index (χ3v) is 3.90. The molecule has 1 aliphatic rings. The molecular weight excluding hydrogens is 244 g/mol. The Hall–Kier alpha value is -1.10. The van der Waals surface area contributed by atoms with E-state index in [0.29, 0.717) is 13.1 Å². The third-order valence-electron chi connectivity index (χ3n) is 3.90. The minimum Gasteiger partial charge on any atom is -0.480 e. The number of aliphatic carboxylic acids is 1. The van der Waals surface area contributed by atoms with Crippen molar-refractivity contribution in [1.82, 2.24) is 9.80 Å². The number of hydrogen-bond acceptors (Lipinski definition) is 3. The van der Waals surface area contributed by atoms with Crippen LogP contribution in [0.1, 0.15) is 39.0 Å². The first kappa shape index (κ1) is 16.0. The summed E-state index contributed by atoms with van der Waals surface area (Å²) in [7, 11) is 3.84. The summed E-state index contributed by atoms with van der Waals surface area (Å²) in [6.07, 6.45) is 5.07. The first-order chi connectivity index (χ1) is 8.85. The Balaban J connectivity index is 2.71.